The van der Waals surface area contributed by atoms with Gasteiger partial charge in [0.2, 0.25) is 0 Å². The molecule has 0 spiro atoms. The summed E-state index contributed by atoms with van der Waals surface area (Å²) in [5.41, 5.74) is 5.94. The molecule has 2 nitrogen and oxygen atoms in total. The molecular weight excluding hydrogens is 174 g/mol. The maximum atomic E-state index is 8.56. The fourth-order valence-corrected chi connectivity index (χ4v) is 0.252. The summed E-state index contributed by atoms with van der Waals surface area (Å²) in [5, 5.41) is 8.56. The van der Waals surface area contributed by atoms with Crippen molar-refractivity contribution >= 4 is 0 Å². The highest BCUT2D eigenvalue weighted by atomic mass is 16.3. The molecule has 88 valence electrons. The minimum atomic E-state index is 0.273. The van der Waals surface area contributed by atoms with Crippen LogP contribution in [0.4, 0.5) is 0 Å². The summed E-state index contributed by atoms with van der Waals surface area (Å²) < 4.78 is 0. The van der Waals surface area contributed by atoms with Gasteiger partial charge >= 0.3 is 0 Å². The molecule has 0 radical (unpaired) electrons. The normalized spacial score (nSPS) is 9.43. The molecule has 0 rings (SSSR count). The number of hydrogen-bond acceptors (Lipinski definition) is 2. The number of rotatable bonds is 1. The quantitative estimate of drug-likeness (QED) is 0.490. The van der Waals surface area contributed by atoms with Gasteiger partial charge in [-0.2, -0.15) is 0 Å². The van der Waals surface area contributed by atoms with E-state index in [0.29, 0.717) is 5.70 Å². The van der Waals surface area contributed by atoms with Crippen molar-refractivity contribution in [3.63, 3.8) is 0 Å². The van der Waals surface area contributed by atoms with Crippen molar-refractivity contribution in [3.05, 3.63) is 23.6 Å². The Morgan fingerprint density at radius 3 is 1.21 bits per heavy atom. The van der Waals surface area contributed by atoms with Crippen LogP contribution < -0.4 is 5.73 Å². The molecule has 0 saturated heterocycles. The summed E-state index contributed by atoms with van der Waals surface area (Å²) in [4.78, 5) is 0. The van der Waals surface area contributed by atoms with Gasteiger partial charge in [-0.05, 0) is 26.0 Å². The Kier molecular flexibility index (Phi) is 48.9. The van der Waals surface area contributed by atoms with E-state index in [2.05, 4.69) is 0 Å². The van der Waals surface area contributed by atoms with Crippen molar-refractivity contribution in [1.82, 2.24) is 0 Å². The molecule has 0 atom stereocenters. The molecule has 2 heteroatoms. The fraction of sp³-hybridized carbons (Fsp3) is 0.667. The molecule has 0 saturated carbocycles. The minimum Gasteiger partial charge on any atom is -0.513 e. The first kappa shape index (κ1) is 23.2. The molecule has 0 unspecified atom stereocenters. The van der Waals surface area contributed by atoms with Crippen LogP contribution in [0.15, 0.2) is 23.6 Å². The van der Waals surface area contributed by atoms with Crippen molar-refractivity contribution in [2.45, 2.75) is 55.4 Å². The Labute approximate surface area is 90.5 Å². The number of hydrogen-bond donors (Lipinski definition) is 2. The van der Waals surface area contributed by atoms with Crippen molar-refractivity contribution in [2.24, 2.45) is 5.73 Å². The highest BCUT2D eigenvalue weighted by Gasteiger charge is 1.74. The molecule has 3 N–H and O–H groups in total. The molecule has 0 fully saturated rings. The van der Waals surface area contributed by atoms with Crippen molar-refractivity contribution < 1.29 is 5.11 Å². The summed E-state index contributed by atoms with van der Waals surface area (Å²) in [5.74, 6) is 0.273. The van der Waals surface area contributed by atoms with Gasteiger partial charge < -0.3 is 10.8 Å². The fourth-order valence-electron chi connectivity index (χ4n) is 0.252. The summed E-state index contributed by atoms with van der Waals surface area (Å²) in [6.07, 6.45) is 3.20. The third-order valence-corrected chi connectivity index (χ3v) is 0.587. The lowest BCUT2D eigenvalue weighted by Crippen LogP contribution is -1.88. The van der Waals surface area contributed by atoms with Gasteiger partial charge in [0.15, 0.2) is 0 Å². The SMILES string of the molecule is C/C(N)=C\C=C(/C)O.CC.CC.CC. The smallest absolute Gasteiger partial charge is 0.0892 e. The molecule has 0 amide bonds. The highest BCUT2D eigenvalue weighted by Crippen LogP contribution is 1.86. The van der Waals surface area contributed by atoms with Crippen molar-refractivity contribution in [1.29, 1.82) is 0 Å². The topological polar surface area (TPSA) is 46.2 Å². The Bertz CT molecular complexity index is 102. The van der Waals surface area contributed by atoms with Crippen LogP contribution in [0.2, 0.25) is 0 Å². The lowest BCUT2D eigenvalue weighted by Gasteiger charge is -1.84. The third-order valence-electron chi connectivity index (χ3n) is 0.587. The first-order valence-electron chi connectivity index (χ1n) is 5.42. The second kappa shape index (κ2) is 29.6. The largest absolute Gasteiger partial charge is 0.513 e. The minimum absolute atomic E-state index is 0.273. The van der Waals surface area contributed by atoms with E-state index in [9.17, 15) is 0 Å². The van der Waals surface area contributed by atoms with Gasteiger partial charge in [0.25, 0.3) is 0 Å². The van der Waals surface area contributed by atoms with E-state index in [4.69, 9.17) is 10.8 Å². The van der Waals surface area contributed by atoms with Crippen molar-refractivity contribution in [3.8, 4) is 0 Å². The van der Waals surface area contributed by atoms with Crippen LogP contribution in [0.1, 0.15) is 55.4 Å². The van der Waals surface area contributed by atoms with Gasteiger partial charge in [0, 0.05) is 5.70 Å². The first-order valence-corrected chi connectivity index (χ1v) is 5.42. The van der Waals surface area contributed by atoms with E-state index in [0.717, 1.165) is 0 Å². The molecule has 0 aliphatic rings. The standard InChI is InChI=1S/C6H11NO.3C2H6/c1-5(7)3-4-6(2)8;3*1-2/h3-4,8H,7H2,1-2H3;3*1-2H3/b5-3+,6-4+;;;. The second-order valence-electron chi connectivity index (χ2n) is 1.72. The predicted molar refractivity (Wildman–Crippen MR) is 68.4 cm³/mol. The Morgan fingerprint density at radius 1 is 0.857 bits per heavy atom. The second-order valence-corrected chi connectivity index (χ2v) is 1.72. The average molecular weight is 203 g/mol. The van der Waals surface area contributed by atoms with Gasteiger partial charge in [0.1, 0.15) is 0 Å². The number of aliphatic hydroxyl groups excluding tert-OH is 1. The van der Waals surface area contributed by atoms with Crippen molar-refractivity contribution in [2.75, 3.05) is 0 Å². The Hall–Kier alpha value is -0.920. The van der Waals surface area contributed by atoms with Crippen LogP contribution in [0.3, 0.4) is 0 Å². The molecule has 0 aliphatic heterocycles. The average Bonchev–Trinajstić information content (AvgIpc) is 2.24. The first-order chi connectivity index (χ1) is 6.63. The van der Waals surface area contributed by atoms with Gasteiger partial charge in [-0.15, -0.1) is 0 Å². The number of nitrogens with two attached hydrogens (primary N) is 1. The molecule has 0 heterocycles. The predicted octanol–water partition coefficient (Wildman–Crippen LogP) is 4.39. The Morgan fingerprint density at radius 2 is 1.14 bits per heavy atom. The summed E-state index contributed by atoms with van der Waals surface area (Å²) in [6, 6.07) is 0. The summed E-state index contributed by atoms with van der Waals surface area (Å²) >= 11 is 0. The molecule has 0 aromatic rings. The van der Waals surface area contributed by atoms with Crippen LogP contribution in [0, 0.1) is 0 Å². The van der Waals surface area contributed by atoms with E-state index in [1.54, 1.807) is 26.0 Å². The third kappa shape index (κ3) is 67.6. The number of allylic oxidation sites excluding steroid dienone is 4. The maximum Gasteiger partial charge on any atom is 0.0892 e. The zero-order valence-electron chi connectivity index (χ0n) is 11.2. The molecule has 0 aromatic carbocycles. The maximum absolute atomic E-state index is 8.56. The van der Waals surface area contributed by atoms with E-state index in [-0.39, 0.29) is 5.76 Å². The molecule has 0 aliphatic carbocycles. The lowest BCUT2D eigenvalue weighted by atomic mass is 10.4. The van der Waals surface area contributed by atoms with Gasteiger partial charge in [-0.3, -0.25) is 0 Å². The zero-order chi connectivity index (χ0) is 12.6. The van der Waals surface area contributed by atoms with Gasteiger partial charge in [0.05, 0.1) is 5.76 Å². The summed E-state index contributed by atoms with van der Waals surface area (Å²) in [6.45, 7) is 15.4. The number of aliphatic hydroxyl groups is 1. The Balaban J connectivity index is -0.0000000708. The van der Waals surface area contributed by atoms with Crippen LogP contribution >= 0.6 is 0 Å². The van der Waals surface area contributed by atoms with Crippen LogP contribution in [-0.4, -0.2) is 5.11 Å². The molecule has 0 bridgehead atoms. The highest BCUT2D eigenvalue weighted by molar-refractivity contribution is 5.08. The summed E-state index contributed by atoms with van der Waals surface area (Å²) in [7, 11) is 0. The monoisotopic (exact) mass is 203 g/mol. The molecular formula is C12H29NO. The lowest BCUT2D eigenvalue weighted by molar-refractivity contribution is 0.414. The van der Waals surface area contributed by atoms with E-state index in [1.165, 1.54) is 0 Å². The molecule has 0 aromatic heterocycles. The van der Waals surface area contributed by atoms with E-state index >= 15 is 0 Å². The van der Waals surface area contributed by atoms with Gasteiger partial charge in [-0.25, -0.2) is 0 Å². The van der Waals surface area contributed by atoms with Crippen LogP contribution in [0.25, 0.3) is 0 Å². The van der Waals surface area contributed by atoms with Crippen LogP contribution in [0.5, 0.6) is 0 Å². The van der Waals surface area contributed by atoms with Crippen LogP contribution in [-0.2, 0) is 0 Å². The van der Waals surface area contributed by atoms with E-state index in [1.807, 2.05) is 41.5 Å². The zero-order valence-corrected chi connectivity index (χ0v) is 11.2. The van der Waals surface area contributed by atoms with E-state index < -0.39 is 0 Å². The van der Waals surface area contributed by atoms with Gasteiger partial charge in [-0.1, -0.05) is 41.5 Å². The molecule has 14 heavy (non-hydrogen) atoms.